The second-order valence-corrected chi connectivity index (χ2v) is 9.64. The quantitative estimate of drug-likeness (QED) is 0.821. The number of likely N-dealkylation sites (N-methyl/N-ethyl adjacent to an activating group) is 1. The van der Waals surface area contributed by atoms with Gasteiger partial charge in [0.05, 0.1) is 8.68 Å². The summed E-state index contributed by atoms with van der Waals surface area (Å²) in [5, 5.41) is 0. The van der Waals surface area contributed by atoms with Crippen LogP contribution in [0.1, 0.15) is 17.7 Å². The first-order valence-electron chi connectivity index (χ1n) is 6.25. The number of nitrogens with zero attached hydrogens (tertiary/aromatic N) is 2. The number of rotatable bonds is 4. The van der Waals surface area contributed by atoms with E-state index in [4.69, 9.17) is 0 Å². The van der Waals surface area contributed by atoms with Gasteiger partial charge in [0.1, 0.15) is 0 Å². The Morgan fingerprint density at radius 2 is 2.21 bits per heavy atom. The lowest BCUT2D eigenvalue weighted by Gasteiger charge is -2.26. The van der Waals surface area contributed by atoms with Crippen molar-refractivity contribution in [2.75, 3.05) is 27.2 Å². The van der Waals surface area contributed by atoms with Gasteiger partial charge in [-0.1, -0.05) is 0 Å². The Morgan fingerprint density at radius 3 is 2.74 bits per heavy atom. The van der Waals surface area contributed by atoms with E-state index >= 15 is 0 Å². The highest BCUT2D eigenvalue weighted by molar-refractivity contribution is 9.11. The van der Waals surface area contributed by atoms with Gasteiger partial charge in [-0.25, -0.2) is 8.42 Å². The van der Waals surface area contributed by atoms with E-state index in [1.54, 1.807) is 10.4 Å². The smallest absolute Gasteiger partial charge is 0.244 e. The van der Waals surface area contributed by atoms with E-state index in [2.05, 4.69) is 20.8 Å². The van der Waals surface area contributed by atoms with Crippen LogP contribution in [0.5, 0.6) is 0 Å². The van der Waals surface area contributed by atoms with Gasteiger partial charge in [0.15, 0.2) is 0 Å². The molecule has 0 saturated carbocycles. The maximum atomic E-state index is 12.8. The third kappa shape index (κ3) is 3.21. The highest BCUT2D eigenvalue weighted by atomic mass is 79.9. The molecule has 2 heterocycles. The number of hydrogen-bond donors (Lipinski definition) is 0. The Morgan fingerprint density at radius 1 is 1.53 bits per heavy atom. The van der Waals surface area contributed by atoms with Crippen molar-refractivity contribution in [1.82, 2.24) is 9.21 Å². The third-order valence-corrected chi connectivity index (χ3v) is 7.09. The molecule has 1 fully saturated rings. The molecule has 0 amide bonds. The molecule has 108 valence electrons. The molecule has 1 saturated heterocycles. The fourth-order valence-electron chi connectivity index (χ4n) is 2.54. The second-order valence-electron chi connectivity index (χ2n) is 5.14. The Hall–Kier alpha value is 0.0500. The lowest BCUT2D eigenvalue weighted by molar-refractivity contribution is 0.291. The van der Waals surface area contributed by atoms with Gasteiger partial charge in [-0.3, -0.25) is 0 Å². The zero-order valence-corrected chi connectivity index (χ0v) is 14.6. The van der Waals surface area contributed by atoms with Crippen LogP contribution in [-0.4, -0.2) is 50.8 Å². The van der Waals surface area contributed by atoms with Crippen LogP contribution in [0.3, 0.4) is 0 Å². The molecule has 1 aliphatic heterocycles. The van der Waals surface area contributed by atoms with Crippen LogP contribution in [0.4, 0.5) is 0 Å². The summed E-state index contributed by atoms with van der Waals surface area (Å²) in [5.41, 5.74) is 0. The molecule has 0 bridgehead atoms. The van der Waals surface area contributed by atoms with Crippen molar-refractivity contribution >= 4 is 37.3 Å². The Labute approximate surface area is 127 Å². The molecule has 0 aliphatic carbocycles. The minimum atomic E-state index is -3.36. The van der Waals surface area contributed by atoms with Gasteiger partial charge in [-0.15, -0.1) is 11.3 Å². The van der Waals surface area contributed by atoms with Gasteiger partial charge in [-0.2, -0.15) is 4.31 Å². The molecule has 4 nitrogen and oxygen atoms in total. The predicted octanol–water partition coefficient (Wildman–Crippen LogP) is 2.53. The van der Waals surface area contributed by atoms with Crippen molar-refractivity contribution in [2.24, 2.45) is 0 Å². The maximum Gasteiger partial charge on any atom is 0.244 e. The van der Waals surface area contributed by atoms with Crippen LogP contribution in [0.25, 0.3) is 0 Å². The van der Waals surface area contributed by atoms with Crippen LogP contribution in [0.15, 0.2) is 14.7 Å². The number of halogens is 1. The first kappa shape index (κ1) is 15.4. The molecule has 0 N–H and O–H groups in total. The Balaban J connectivity index is 2.31. The molecule has 19 heavy (non-hydrogen) atoms. The molecular weight excluding hydrogens is 348 g/mol. The summed E-state index contributed by atoms with van der Waals surface area (Å²) in [4.78, 5) is 3.35. The van der Waals surface area contributed by atoms with E-state index in [9.17, 15) is 8.42 Å². The molecule has 7 heteroatoms. The highest BCUT2D eigenvalue weighted by Gasteiger charge is 2.36. The monoisotopic (exact) mass is 366 g/mol. The maximum absolute atomic E-state index is 12.8. The molecule has 0 aromatic carbocycles. The number of sulfonamides is 1. The van der Waals surface area contributed by atoms with Gasteiger partial charge in [0.25, 0.3) is 0 Å². The highest BCUT2D eigenvalue weighted by Crippen LogP contribution is 2.34. The Bertz CT molecular complexity index is 554. The van der Waals surface area contributed by atoms with Crippen LogP contribution in [-0.2, 0) is 10.0 Å². The van der Waals surface area contributed by atoms with Gasteiger partial charge in [-0.05, 0) is 55.9 Å². The average molecular weight is 367 g/mol. The normalized spacial score (nSPS) is 21.4. The fraction of sp³-hybridized carbons (Fsp3) is 0.667. The van der Waals surface area contributed by atoms with Crippen molar-refractivity contribution in [3.05, 3.63) is 14.7 Å². The predicted molar refractivity (Wildman–Crippen MR) is 82.2 cm³/mol. The molecule has 1 unspecified atom stereocenters. The van der Waals surface area contributed by atoms with Crippen LogP contribution in [0, 0.1) is 6.92 Å². The standard InChI is InChI=1S/C12H19BrN2O2S2/c1-9-11(7-12(13)18-9)19(16,17)15-6-4-5-10(15)8-14(2)3/h7,10H,4-6,8H2,1-3H3. The average Bonchev–Trinajstić information content (AvgIpc) is 2.84. The molecule has 2 rings (SSSR count). The van der Waals surface area contributed by atoms with Crippen LogP contribution < -0.4 is 0 Å². The third-order valence-electron chi connectivity index (χ3n) is 3.33. The lowest BCUT2D eigenvalue weighted by atomic mass is 10.2. The van der Waals surface area contributed by atoms with Crippen LogP contribution >= 0.6 is 27.3 Å². The van der Waals surface area contributed by atoms with Crippen molar-refractivity contribution in [3.63, 3.8) is 0 Å². The van der Waals surface area contributed by atoms with Crippen molar-refractivity contribution < 1.29 is 8.42 Å². The number of thiophene rings is 1. The number of hydrogen-bond acceptors (Lipinski definition) is 4. The van der Waals surface area contributed by atoms with E-state index in [0.717, 1.165) is 28.0 Å². The first-order valence-corrected chi connectivity index (χ1v) is 9.30. The second kappa shape index (κ2) is 5.81. The summed E-state index contributed by atoms with van der Waals surface area (Å²) in [6, 6.07) is 1.82. The van der Waals surface area contributed by atoms with Crippen molar-refractivity contribution in [1.29, 1.82) is 0 Å². The van der Waals surface area contributed by atoms with Crippen molar-refractivity contribution in [2.45, 2.75) is 30.7 Å². The largest absolute Gasteiger partial charge is 0.308 e. The number of aryl methyl sites for hydroxylation is 1. The molecule has 0 radical (unpaired) electrons. The minimum absolute atomic E-state index is 0.0954. The van der Waals surface area contributed by atoms with E-state index < -0.39 is 10.0 Å². The summed E-state index contributed by atoms with van der Waals surface area (Å²) in [6.07, 6.45) is 1.89. The van der Waals surface area contributed by atoms with Gasteiger partial charge in [0, 0.05) is 24.0 Å². The molecule has 1 atom stereocenters. The summed E-state index contributed by atoms with van der Waals surface area (Å²) >= 11 is 4.84. The lowest BCUT2D eigenvalue weighted by Crippen LogP contribution is -2.41. The zero-order valence-electron chi connectivity index (χ0n) is 11.4. The molecule has 0 spiro atoms. The van der Waals surface area contributed by atoms with Gasteiger partial charge in [0.2, 0.25) is 10.0 Å². The SMILES string of the molecule is Cc1sc(Br)cc1S(=O)(=O)N1CCCC1CN(C)C. The first-order chi connectivity index (χ1) is 8.82. The van der Waals surface area contributed by atoms with E-state index in [-0.39, 0.29) is 6.04 Å². The summed E-state index contributed by atoms with van der Waals surface area (Å²) in [6.45, 7) is 3.27. The van der Waals surface area contributed by atoms with E-state index in [0.29, 0.717) is 11.4 Å². The topological polar surface area (TPSA) is 40.6 Å². The molecule has 1 aromatic rings. The fourth-order valence-corrected chi connectivity index (χ4v) is 6.61. The van der Waals surface area contributed by atoms with E-state index in [1.807, 2.05) is 21.0 Å². The summed E-state index contributed by atoms with van der Waals surface area (Å²) < 4.78 is 28.1. The molecule has 1 aromatic heterocycles. The molecular formula is C12H19BrN2O2S2. The van der Waals surface area contributed by atoms with E-state index in [1.165, 1.54) is 11.3 Å². The van der Waals surface area contributed by atoms with Gasteiger partial charge >= 0.3 is 0 Å². The summed E-state index contributed by atoms with van der Waals surface area (Å²) in [7, 11) is 0.607. The van der Waals surface area contributed by atoms with Crippen LogP contribution in [0.2, 0.25) is 0 Å². The minimum Gasteiger partial charge on any atom is -0.308 e. The summed E-state index contributed by atoms with van der Waals surface area (Å²) in [5.74, 6) is 0. The Kier molecular flexibility index (Phi) is 4.72. The van der Waals surface area contributed by atoms with Crippen molar-refractivity contribution in [3.8, 4) is 0 Å². The molecule has 1 aliphatic rings. The zero-order chi connectivity index (χ0) is 14.2. The van der Waals surface area contributed by atoms with Gasteiger partial charge < -0.3 is 4.90 Å².